The van der Waals surface area contributed by atoms with E-state index in [1.54, 1.807) is 4.90 Å². The van der Waals surface area contributed by atoms with Crippen LogP contribution in [0, 0.1) is 0 Å². The maximum atomic E-state index is 12.2. The third kappa shape index (κ3) is 3.33. The van der Waals surface area contributed by atoms with E-state index in [4.69, 9.17) is 10.5 Å². The lowest BCUT2D eigenvalue weighted by atomic mass is 9.97. The van der Waals surface area contributed by atoms with Crippen LogP contribution in [-0.2, 0) is 9.53 Å². The van der Waals surface area contributed by atoms with Crippen molar-refractivity contribution in [1.82, 2.24) is 4.90 Å². The lowest BCUT2D eigenvalue weighted by molar-refractivity contribution is -0.136. The molecule has 0 aromatic rings. The molecule has 0 spiro atoms. The average molecular weight is 263 g/mol. The van der Waals surface area contributed by atoms with E-state index in [1.165, 1.54) is 0 Å². The summed E-state index contributed by atoms with van der Waals surface area (Å²) in [5.41, 5.74) is 5.56. The number of likely N-dealkylation sites (N-methyl/N-ethyl adjacent to an activating group) is 1. The molecule has 0 aromatic heterocycles. The van der Waals surface area contributed by atoms with Crippen molar-refractivity contribution >= 4 is 18.3 Å². The topological polar surface area (TPSA) is 55.6 Å². The largest absolute Gasteiger partial charge is 0.376 e. The minimum Gasteiger partial charge on any atom is -0.376 e. The van der Waals surface area contributed by atoms with Crippen molar-refractivity contribution in [3.05, 3.63) is 0 Å². The number of halogens is 1. The molecule has 0 radical (unpaired) electrons. The Morgan fingerprint density at radius 2 is 2.06 bits per heavy atom. The molecule has 100 valence electrons. The summed E-state index contributed by atoms with van der Waals surface area (Å²) in [5, 5.41) is 0. The molecule has 1 aliphatic heterocycles. The van der Waals surface area contributed by atoms with Gasteiger partial charge in [0.05, 0.1) is 11.6 Å². The Morgan fingerprint density at radius 1 is 1.41 bits per heavy atom. The van der Waals surface area contributed by atoms with Gasteiger partial charge < -0.3 is 15.4 Å². The van der Waals surface area contributed by atoms with Crippen molar-refractivity contribution in [3.63, 3.8) is 0 Å². The highest BCUT2D eigenvalue weighted by molar-refractivity contribution is 5.86. The zero-order valence-electron chi connectivity index (χ0n) is 10.5. The smallest absolute Gasteiger partial charge is 0.242 e. The number of ether oxygens (including phenoxy) is 1. The van der Waals surface area contributed by atoms with Crippen molar-refractivity contribution in [2.24, 2.45) is 5.73 Å². The van der Waals surface area contributed by atoms with E-state index >= 15 is 0 Å². The first-order valence-electron chi connectivity index (χ1n) is 6.28. The number of nitrogens with zero attached hydrogens (tertiary/aromatic N) is 1. The molecule has 1 saturated carbocycles. The van der Waals surface area contributed by atoms with Gasteiger partial charge in [0.1, 0.15) is 0 Å². The summed E-state index contributed by atoms with van der Waals surface area (Å²) < 4.78 is 5.53. The quantitative estimate of drug-likeness (QED) is 0.835. The number of rotatable bonds is 3. The molecule has 5 heteroatoms. The Balaban J connectivity index is 0.00000144. The first kappa shape index (κ1) is 14.7. The van der Waals surface area contributed by atoms with Gasteiger partial charge >= 0.3 is 0 Å². The number of carbonyl (C=O) groups is 1. The first-order valence-corrected chi connectivity index (χ1v) is 6.28. The molecule has 1 aliphatic carbocycles. The van der Waals surface area contributed by atoms with Crippen molar-refractivity contribution < 1.29 is 9.53 Å². The van der Waals surface area contributed by atoms with Crippen molar-refractivity contribution in [1.29, 1.82) is 0 Å². The number of hydrogen-bond donors (Lipinski definition) is 1. The summed E-state index contributed by atoms with van der Waals surface area (Å²) in [4.78, 5) is 14.0. The van der Waals surface area contributed by atoms with Crippen LogP contribution in [0.4, 0.5) is 0 Å². The number of nitrogens with two attached hydrogens (primary N) is 1. The second-order valence-corrected chi connectivity index (χ2v) is 5.18. The fraction of sp³-hybridized carbons (Fsp3) is 0.917. The Morgan fingerprint density at radius 3 is 2.59 bits per heavy atom. The molecule has 0 bridgehead atoms. The normalized spacial score (nSPS) is 26.6. The SMILES string of the molecule is CN(CC1CCCO1)C(=O)C1(N)CCCC1.Cl. The molecular formula is C12H23ClN2O2. The highest BCUT2D eigenvalue weighted by atomic mass is 35.5. The summed E-state index contributed by atoms with van der Waals surface area (Å²) in [5.74, 6) is 0.0977. The monoisotopic (exact) mass is 262 g/mol. The molecule has 0 aromatic carbocycles. The third-order valence-corrected chi connectivity index (χ3v) is 3.77. The molecule has 17 heavy (non-hydrogen) atoms. The summed E-state index contributed by atoms with van der Waals surface area (Å²) in [6.07, 6.45) is 6.23. The minimum atomic E-state index is -0.590. The van der Waals surface area contributed by atoms with Gasteiger partial charge in [0.25, 0.3) is 0 Å². The summed E-state index contributed by atoms with van der Waals surface area (Å²) >= 11 is 0. The van der Waals surface area contributed by atoms with Crippen LogP contribution in [0.2, 0.25) is 0 Å². The summed E-state index contributed by atoms with van der Waals surface area (Å²) in [6, 6.07) is 0. The van der Waals surface area contributed by atoms with E-state index < -0.39 is 5.54 Å². The van der Waals surface area contributed by atoms with Crippen LogP contribution in [0.3, 0.4) is 0 Å². The third-order valence-electron chi connectivity index (χ3n) is 3.77. The molecule has 2 fully saturated rings. The Hall–Kier alpha value is -0.320. The van der Waals surface area contributed by atoms with Crippen LogP contribution >= 0.6 is 12.4 Å². The lowest BCUT2D eigenvalue weighted by Gasteiger charge is -2.30. The van der Waals surface area contributed by atoms with Crippen LogP contribution in [0.25, 0.3) is 0 Å². The maximum Gasteiger partial charge on any atom is 0.242 e. The zero-order chi connectivity index (χ0) is 11.6. The zero-order valence-corrected chi connectivity index (χ0v) is 11.3. The average Bonchev–Trinajstić information content (AvgIpc) is 2.89. The lowest BCUT2D eigenvalue weighted by Crippen LogP contribution is -2.53. The second kappa shape index (κ2) is 6.03. The van der Waals surface area contributed by atoms with Gasteiger partial charge in [-0.25, -0.2) is 0 Å². The van der Waals surface area contributed by atoms with E-state index in [1.807, 2.05) is 7.05 Å². The fourth-order valence-corrected chi connectivity index (χ4v) is 2.78. The predicted molar refractivity (Wildman–Crippen MR) is 69.2 cm³/mol. The van der Waals surface area contributed by atoms with Gasteiger partial charge in [-0.3, -0.25) is 4.79 Å². The molecule has 2 N–H and O–H groups in total. The van der Waals surface area contributed by atoms with Crippen LogP contribution in [0.5, 0.6) is 0 Å². The van der Waals surface area contributed by atoms with Crippen LogP contribution in [0.15, 0.2) is 0 Å². The van der Waals surface area contributed by atoms with Crippen LogP contribution < -0.4 is 5.73 Å². The Bertz CT molecular complexity index is 261. The molecule has 1 heterocycles. The number of carbonyl (C=O) groups excluding carboxylic acids is 1. The molecule has 1 unspecified atom stereocenters. The van der Waals surface area contributed by atoms with E-state index in [0.717, 1.165) is 45.1 Å². The molecule has 2 aliphatic rings. The highest BCUT2D eigenvalue weighted by Crippen LogP contribution is 2.29. The van der Waals surface area contributed by atoms with Gasteiger partial charge in [0.15, 0.2) is 0 Å². The van der Waals surface area contributed by atoms with E-state index in [-0.39, 0.29) is 24.4 Å². The molecule has 1 atom stereocenters. The second-order valence-electron chi connectivity index (χ2n) is 5.18. The van der Waals surface area contributed by atoms with Crippen molar-refractivity contribution in [2.45, 2.75) is 50.2 Å². The molecular weight excluding hydrogens is 240 g/mol. The van der Waals surface area contributed by atoms with E-state index in [2.05, 4.69) is 0 Å². The van der Waals surface area contributed by atoms with Crippen LogP contribution in [-0.4, -0.2) is 42.6 Å². The van der Waals surface area contributed by atoms with Crippen molar-refractivity contribution in [2.75, 3.05) is 20.2 Å². The summed E-state index contributed by atoms with van der Waals surface area (Å²) in [7, 11) is 1.84. The van der Waals surface area contributed by atoms with Gasteiger partial charge in [0, 0.05) is 20.2 Å². The predicted octanol–water partition coefficient (Wildman–Crippen LogP) is 1.32. The first-order chi connectivity index (χ1) is 7.62. The summed E-state index contributed by atoms with van der Waals surface area (Å²) in [6.45, 7) is 1.53. The molecule has 1 saturated heterocycles. The van der Waals surface area contributed by atoms with Gasteiger partial charge in [0.2, 0.25) is 5.91 Å². The number of amides is 1. The molecule has 1 amide bonds. The Kier molecular flexibility index (Phi) is 5.22. The van der Waals surface area contributed by atoms with Gasteiger partial charge in [-0.05, 0) is 25.7 Å². The molecule has 4 nitrogen and oxygen atoms in total. The fourth-order valence-electron chi connectivity index (χ4n) is 2.78. The standard InChI is InChI=1S/C12H22N2O2.ClH/c1-14(9-10-5-4-8-16-10)11(15)12(13)6-2-3-7-12;/h10H,2-9,13H2,1H3;1H. The molecule has 2 rings (SSSR count). The van der Waals surface area contributed by atoms with Gasteiger partial charge in [-0.2, -0.15) is 0 Å². The van der Waals surface area contributed by atoms with E-state index in [9.17, 15) is 4.79 Å². The number of hydrogen-bond acceptors (Lipinski definition) is 3. The minimum absolute atomic E-state index is 0. The van der Waals surface area contributed by atoms with Crippen molar-refractivity contribution in [3.8, 4) is 0 Å². The van der Waals surface area contributed by atoms with Crippen LogP contribution in [0.1, 0.15) is 38.5 Å². The maximum absolute atomic E-state index is 12.2. The van der Waals surface area contributed by atoms with Gasteiger partial charge in [-0.1, -0.05) is 12.8 Å². The Labute approximate surface area is 109 Å². The van der Waals surface area contributed by atoms with Gasteiger partial charge in [-0.15, -0.1) is 12.4 Å². The highest BCUT2D eigenvalue weighted by Gasteiger charge is 2.39. The van der Waals surface area contributed by atoms with E-state index in [0.29, 0.717) is 6.54 Å².